The number of fused-ring (bicyclic) bond motifs is 1. The van der Waals surface area contributed by atoms with Crippen molar-refractivity contribution in [2.75, 3.05) is 18.6 Å². The molecule has 4 heterocycles. The summed E-state index contributed by atoms with van der Waals surface area (Å²) in [6, 6.07) is 7.11. The predicted molar refractivity (Wildman–Crippen MR) is 136 cm³/mol. The molecule has 0 bridgehead atoms. The number of ether oxygens (including phenoxy) is 1. The molecule has 1 aromatic heterocycles. The second-order valence-electron chi connectivity index (χ2n) is 9.60. The SMILES string of the molecule is COc1ccc2c(c1)C(=O)N(C[C@@]1(C#Cc3ccc(N4C(=O)CCC4(C(C)=O)C(=O)O)nc3)NC(=O)NC1=O)C2. The van der Waals surface area contributed by atoms with Crippen LogP contribution < -0.4 is 20.3 Å². The van der Waals surface area contributed by atoms with E-state index in [1.54, 1.807) is 18.2 Å². The fourth-order valence-electron chi connectivity index (χ4n) is 5.12. The van der Waals surface area contributed by atoms with Gasteiger partial charge in [0.05, 0.1) is 13.7 Å². The molecule has 2 atom stereocenters. The lowest BCUT2D eigenvalue weighted by Gasteiger charge is -2.31. The zero-order chi connectivity index (χ0) is 28.8. The maximum Gasteiger partial charge on any atom is 0.337 e. The summed E-state index contributed by atoms with van der Waals surface area (Å²) in [6.07, 6.45) is 0.952. The third kappa shape index (κ3) is 4.10. The van der Waals surface area contributed by atoms with Crippen molar-refractivity contribution >= 4 is 41.3 Å². The standard InChI is InChI=1S/C27H23N5O8/c1-15(33)27(24(37)38)10-8-21(34)32(27)20-6-3-16(12-28-20)7-9-26(23(36)29-25(39)30-26)14-31-13-17-4-5-18(40-2)11-19(17)22(31)35/h3-6,11-12H,8,10,13-14H2,1-2H3,(H,37,38)(H2,29,30,36,39)/t26-,27?/m1/s1. The van der Waals surface area contributed by atoms with Gasteiger partial charge in [-0.3, -0.25) is 29.4 Å². The van der Waals surface area contributed by atoms with Crippen molar-refractivity contribution in [1.29, 1.82) is 0 Å². The molecule has 2 saturated heterocycles. The average molecular weight is 546 g/mol. The molecule has 13 heteroatoms. The summed E-state index contributed by atoms with van der Waals surface area (Å²) in [5.74, 6) is 2.22. The molecule has 1 aromatic carbocycles. The first kappa shape index (κ1) is 26.4. The van der Waals surface area contributed by atoms with Crippen LogP contribution in [0.4, 0.5) is 10.6 Å². The molecule has 0 aliphatic carbocycles. The van der Waals surface area contributed by atoms with E-state index in [0.29, 0.717) is 11.3 Å². The van der Waals surface area contributed by atoms with Crippen LogP contribution in [0.5, 0.6) is 5.75 Å². The molecule has 13 nitrogen and oxygen atoms in total. The smallest absolute Gasteiger partial charge is 0.337 e. The number of nitrogens with zero attached hydrogens (tertiary/aromatic N) is 3. The van der Waals surface area contributed by atoms with Gasteiger partial charge in [-0.15, -0.1) is 0 Å². The Hall–Kier alpha value is -5.25. The lowest BCUT2D eigenvalue weighted by Crippen LogP contribution is -2.57. The Morgan fingerprint density at radius 3 is 2.55 bits per heavy atom. The van der Waals surface area contributed by atoms with E-state index in [9.17, 15) is 33.9 Å². The number of methoxy groups -OCH3 is 1. The molecule has 3 aliphatic rings. The number of carboxylic acid groups (broad SMARTS) is 1. The zero-order valence-corrected chi connectivity index (χ0v) is 21.4. The zero-order valence-electron chi connectivity index (χ0n) is 21.4. The van der Waals surface area contributed by atoms with E-state index in [1.807, 2.05) is 0 Å². The molecule has 3 N–H and O–H groups in total. The van der Waals surface area contributed by atoms with E-state index in [4.69, 9.17) is 4.74 Å². The van der Waals surface area contributed by atoms with Crippen molar-refractivity contribution in [2.45, 2.75) is 37.4 Å². The van der Waals surface area contributed by atoms with Crippen LogP contribution in [-0.4, -0.2) is 75.2 Å². The Bertz CT molecular complexity index is 1540. The number of imide groups is 1. The molecular weight excluding hydrogens is 522 g/mol. The molecule has 40 heavy (non-hydrogen) atoms. The third-order valence-corrected chi connectivity index (χ3v) is 7.23. The number of hydrogen-bond donors (Lipinski definition) is 3. The Morgan fingerprint density at radius 2 is 1.95 bits per heavy atom. The number of carbonyl (C=O) groups is 6. The van der Waals surface area contributed by atoms with Crippen LogP contribution in [-0.2, 0) is 25.7 Å². The topological polar surface area (TPSA) is 175 Å². The van der Waals surface area contributed by atoms with Crippen LogP contribution in [0.25, 0.3) is 0 Å². The molecule has 204 valence electrons. The number of rotatable bonds is 6. The molecule has 2 fully saturated rings. The van der Waals surface area contributed by atoms with Gasteiger partial charge in [0.2, 0.25) is 17.0 Å². The Kier molecular flexibility index (Phi) is 6.26. The minimum Gasteiger partial charge on any atom is -0.497 e. The number of aliphatic carboxylic acids is 1. The second-order valence-corrected chi connectivity index (χ2v) is 9.60. The number of carboxylic acids is 1. The summed E-state index contributed by atoms with van der Waals surface area (Å²) in [4.78, 5) is 81.2. The van der Waals surface area contributed by atoms with Gasteiger partial charge in [0.25, 0.3) is 11.8 Å². The van der Waals surface area contributed by atoms with Gasteiger partial charge in [0.15, 0.2) is 5.78 Å². The second kappa shape index (κ2) is 9.49. The summed E-state index contributed by atoms with van der Waals surface area (Å²) >= 11 is 0. The summed E-state index contributed by atoms with van der Waals surface area (Å²) in [7, 11) is 1.48. The van der Waals surface area contributed by atoms with Crippen LogP contribution in [0.1, 0.15) is 41.3 Å². The minimum atomic E-state index is -2.04. The first-order chi connectivity index (χ1) is 19.0. The number of Topliss-reactive ketones (excluding diaryl/α,β-unsaturated/α-hetero) is 1. The first-order valence-corrected chi connectivity index (χ1v) is 12.2. The van der Waals surface area contributed by atoms with Crippen LogP contribution in [0.2, 0.25) is 0 Å². The predicted octanol–water partition coefficient (Wildman–Crippen LogP) is 0.215. The van der Waals surface area contributed by atoms with Crippen molar-refractivity contribution in [2.24, 2.45) is 0 Å². The highest BCUT2D eigenvalue weighted by Gasteiger charge is 2.56. The maximum atomic E-state index is 13.1. The number of aromatic nitrogens is 1. The Balaban J connectivity index is 1.42. The number of hydrogen-bond acceptors (Lipinski definition) is 8. The van der Waals surface area contributed by atoms with E-state index >= 15 is 0 Å². The van der Waals surface area contributed by atoms with Gasteiger partial charge in [-0.1, -0.05) is 17.9 Å². The van der Waals surface area contributed by atoms with Crippen molar-refractivity contribution < 1.29 is 38.6 Å². The average Bonchev–Trinajstić information content (AvgIpc) is 3.53. The molecule has 5 rings (SSSR count). The third-order valence-electron chi connectivity index (χ3n) is 7.23. The van der Waals surface area contributed by atoms with Crippen molar-refractivity contribution in [3.8, 4) is 17.6 Å². The highest BCUT2D eigenvalue weighted by atomic mass is 16.5. The number of benzene rings is 1. The number of anilines is 1. The lowest BCUT2D eigenvalue weighted by atomic mass is 9.91. The van der Waals surface area contributed by atoms with Crippen LogP contribution in [0.3, 0.4) is 0 Å². The fourth-order valence-corrected chi connectivity index (χ4v) is 5.12. The summed E-state index contributed by atoms with van der Waals surface area (Å²) in [6.45, 7) is 1.08. The van der Waals surface area contributed by atoms with Gasteiger partial charge >= 0.3 is 12.0 Å². The number of carbonyl (C=O) groups excluding carboxylic acids is 5. The number of pyridine rings is 1. The number of ketones is 1. The molecule has 0 radical (unpaired) electrons. The summed E-state index contributed by atoms with van der Waals surface area (Å²) in [5, 5.41) is 14.4. The molecule has 3 aliphatic heterocycles. The number of urea groups is 1. The van der Waals surface area contributed by atoms with E-state index in [2.05, 4.69) is 27.5 Å². The van der Waals surface area contributed by atoms with Gasteiger partial charge in [0.1, 0.15) is 11.6 Å². The van der Waals surface area contributed by atoms with Gasteiger partial charge in [-0.2, -0.15) is 0 Å². The molecule has 0 spiro atoms. The highest BCUT2D eigenvalue weighted by Crippen LogP contribution is 2.35. The maximum absolute atomic E-state index is 13.1. The first-order valence-electron chi connectivity index (χ1n) is 12.2. The minimum absolute atomic E-state index is 0.0388. The van der Waals surface area contributed by atoms with Crippen LogP contribution in [0.15, 0.2) is 36.5 Å². The largest absolute Gasteiger partial charge is 0.497 e. The van der Waals surface area contributed by atoms with E-state index in [-0.39, 0.29) is 43.2 Å². The van der Waals surface area contributed by atoms with Crippen molar-refractivity contribution in [3.63, 3.8) is 0 Å². The summed E-state index contributed by atoms with van der Waals surface area (Å²) < 4.78 is 5.19. The van der Waals surface area contributed by atoms with Gasteiger partial charge in [0, 0.05) is 30.3 Å². The van der Waals surface area contributed by atoms with E-state index in [1.165, 1.54) is 30.3 Å². The van der Waals surface area contributed by atoms with Crippen LogP contribution in [0, 0.1) is 11.8 Å². The van der Waals surface area contributed by atoms with Crippen LogP contribution >= 0.6 is 0 Å². The molecule has 5 amide bonds. The molecule has 2 aromatic rings. The van der Waals surface area contributed by atoms with Gasteiger partial charge in [-0.05, 0) is 43.2 Å². The Morgan fingerprint density at radius 1 is 1.18 bits per heavy atom. The highest BCUT2D eigenvalue weighted by molar-refractivity contribution is 6.18. The van der Waals surface area contributed by atoms with E-state index in [0.717, 1.165) is 17.4 Å². The quantitative estimate of drug-likeness (QED) is 0.260. The van der Waals surface area contributed by atoms with Gasteiger partial charge in [-0.25, -0.2) is 14.6 Å². The summed E-state index contributed by atoms with van der Waals surface area (Å²) in [5.41, 5.74) is -2.37. The molecule has 0 saturated carbocycles. The Labute approximate surface area is 227 Å². The molecule has 1 unspecified atom stereocenters. The van der Waals surface area contributed by atoms with Crippen molar-refractivity contribution in [3.05, 3.63) is 53.2 Å². The normalized spacial score (nSPS) is 23.4. The lowest BCUT2D eigenvalue weighted by molar-refractivity contribution is -0.148. The monoisotopic (exact) mass is 545 g/mol. The number of nitrogens with one attached hydrogen (secondary N) is 2. The number of amides is 5. The van der Waals surface area contributed by atoms with Gasteiger partial charge < -0.3 is 20.1 Å². The van der Waals surface area contributed by atoms with E-state index < -0.39 is 40.7 Å². The molecular formula is C27H23N5O8. The fraction of sp³-hybridized carbons (Fsp3) is 0.296. The van der Waals surface area contributed by atoms with Crippen molar-refractivity contribution in [1.82, 2.24) is 20.5 Å².